The SMILES string of the molecule is C=COC(=O)c1ccccc1OCl. The van der Waals surface area contributed by atoms with E-state index in [0.29, 0.717) is 0 Å². The van der Waals surface area contributed by atoms with E-state index in [0.717, 1.165) is 6.26 Å². The van der Waals surface area contributed by atoms with E-state index in [4.69, 9.17) is 11.9 Å². The minimum Gasteiger partial charge on any atom is -0.431 e. The molecule has 0 aliphatic carbocycles. The molecular formula is C9H7ClO3. The highest BCUT2D eigenvalue weighted by Crippen LogP contribution is 2.19. The van der Waals surface area contributed by atoms with Crippen molar-refractivity contribution < 1.29 is 13.8 Å². The molecule has 0 N–H and O–H groups in total. The zero-order valence-corrected chi connectivity index (χ0v) is 7.45. The van der Waals surface area contributed by atoms with Crippen LogP contribution in [0.15, 0.2) is 37.1 Å². The van der Waals surface area contributed by atoms with E-state index in [2.05, 4.69) is 15.6 Å². The molecule has 0 saturated heterocycles. The van der Waals surface area contributed by atoms with E-state index >= 15 is 0 Å². The van der Waals surface area contributed by atoms with Crippen molar-refractivity contribution in [1.82, 2.24) is 0 Å². The fourth-order valence-corrected chi connectivity index (χ4v) is 0.976. The van der Waals surface area contributed by atoms with Crippen molar-refractivity contribution in [3.63, 3.8) is 0 Å². The average Bonchev–Trinajstić information content (AvgIpc) is 2.18. The molecule has 4 heteroatoms. The summed E-state index contributed by atoms with van der Waals surface area (Å²) in [4.78, 5) is 11.2. The summed E-state index contributed by atoms with van der Waals surface area (Å²) >= 11 is 5.14. The average molecular weight is 199 g/mol. The zero-order valence-electron chi connectivity index (χ0n) is 6.70. The number of hydrogen-bond donors (Lipinski definition) is 0. The molecule has 0 fully saturated rings. The van der Waals surface area contributed by atoms with Gasteiger partial charge in [0.2, 0.25) is 0 Å². The van der Waals surface area contributed by atoms with Crippen molar-refractivity contribution in [1.29, 1.82) is 0 Å². The minimum atomic E-state index is -0.550. The number of esters is 1. The molecule has 0 unspecified atom stereocenters. The van der Waals surface area contributed by atoms with Crippen molar-refractivity contribution in [2.45, 2.75) is 0 Å². The first kappa shape index (κ1) is 9.61. The van der Waals surface area contributed by atoms with Crippen LogP contribution in [0.5, 0.6) is 5.75 Å². The van der Waals surface area contributed by atoms with Gasteiger partial charge in [0.15, 0.2) is 5.75 Å². The third-order valence-corrected chi connectivity index (χ3v) is 1.55. The molecule has 0 aliphatic rings. The molecule has 68 valence electrons. The van der Waals surface area contributed by atoms with Gasteiger partial charge in [-0.25, -0.2) is 4.79 Å². The van der Waals surface area contributed by atoms with Gasteiger partial charge in [-0.15, -0.1) is 0 Å². The second-order valence-electron chi connectivity index (χ2n) is 2.15. The molecule has 0 radical (unpaired) electrons. The summed E-state index contributed by atoms with van der Waals surface area (Å²) in [5.74, 6) is -0.290. The number of ether oxygens (including phenoxy) is 1. The maximum atomic E-state index is 11.2. The van der Waals surface area contributed by atoms with Crippen molar-refractivity contribution in [2.75, 3.05) is 0 Å². The van der Waals surface area contributed by atoms with E-state index in [-0.39, 0.29) is 11.3 Å². The van der Waals surface area contributed by atoms with Crippen LogP contribution in [0.3, 0.4) is 0 Å². The Morgan fingerprint density at radius 1 is 1.46 bits per heavy atom. The third kappa shape index (κ3) is 2.23. The Hall–Kier alpha value is -1.48. The highest BCUT2D eigenvalue weighted by molar-refractivity contribution is 6.10. The quantitative estimate of drug-likeness (QED) is 0.553. The molecule has 0 heterocycles. The Bertz CT molecular complexity index is 322. The van der Waals surface area contributed by atoms with Crippen LogP contribution in [0.1, 0.15) is 10.4 Å². The van der Waals surface area contributed by atoms with Crippen molar-refractivity contribution in [3.8, 4) is 5.75 Å². The third-order valence-electron chi connectivity index (χ3n) is 1.38. The van der Waals surface area contributed by atoms with Gasteiger partial charge in [0, 0.05) is 0 Å². The molecule has 13 heavy (non-hydrogen) atoms. The molecular weight excluding hydrogens is 192 g/mol. The van der Waals surface area contributed by atoms with E-state index in [9.17, 15) is 4.79 Å². The maximum absolute atomic E-state index is 11.2. The Morgan fingerprint density at radius 3 is 2.77 bits per heavy atom. The first-order valence-electron chi connectivity index (χ1n) is 3.49. The number of rotatable bonds is 3. The minimum absolute atomic E-state index is 0.260. The molecule has 0 saturated carbocycles. The van der Waals surface area contributed by atoms with Crippen LogP contribution in [-0.4, -0.2) is 5.97 Å². The lowest BCUT2D eigenvalue weighted by molar-refractivity contribution is 0.0662. The highest BCUT2D eigenvalue weighted by atomic mass is 35.5. The lowest BCUT2D eigenvalue weighted by Gasteiger charge is -2.02. The molecule has 0 amide bonds. The monoisotopic (exact) mass is 198 g/mol. The number of hydrogen-bond acceptors (Lipinski definition) is 3. The van der Waals surface area contributed by atoms with Crippen LogP contribution >= 0.6 is 11.9 Å². The topological polar surface area (TPSA) is 35.5 Å². The second-order valence-corrected chi connectivity index (χ2v) is 2.30. The number of halogens is 1. The van der Waals surface area contributed by atoms with Crippen molar-refractivity contribution in [3.05, 3.63) is 42.7 Å². The smallest absolute Gasteiger partial charge is 0.346 e. The van der Waals surface area contributed by atoms with Gasteiger partial charge in [-0.05, 0) is 12.1 Å². The molecule has 1 aromatic rings. The van der Waals surface area contributed by atoms with Crippen LogP contribution in [0, 0.1) is 0 Å². The maximum Gasteiger partial charge on any atom is 0.346 e. The largest absolute Gasteiger partial charge is 0.431 e. The van der Waals surface area contributed by atoms with Crippen LogP contribution in [0.2, 0.25) is 0 Å². The Kier molecular flexibility index (Phi) is 3.34. The van der Waals surface area contributed by atoms with Crippen LogP contribution in [0.4, 0.5) is 0 Å². The molecule has 0 aromatic heterocycles. The lowest BCUT2D eigenvalue weighted by Crippen LogP contribution is -2.01. The van der Waals surface area contributed by atoms with Crippen LogP contribution in [0.25, 0.3) is 0 Å². The van der Waals surface area contributed by atoms with Gasteiger partial charge < -0.3 is 9.03 Å². The predicted octanol–water partition coefficient (Wildman–Crippen LogP) is 2.52. The summed E-state index contributed by atoms with van der Waals surface area (Å²) in [7, 11) is 0. The Labute approximate surface area is 80.7 Å². The fraction of sp³-hybridized carbons (Fsp3) is 0. The normalized spacial score (nSPS) is 9.00. The molecule has 3 nitrogen and oxygen atoms in total. The summed E-state index contributed by atoms with van der Waals surface area (Å²) in [6.45, 7) is 3.26. The van der Waals surface area contributed by atoms with Gasteiger partial charge in [0.05, 0.1) is 6.26 Å². The van der Waals surface area contributed by atoms with Gasteiger partial charge >= 0.3 is 5.97 Å². The summed E-state index contributed by atoms with van der Waals surface area (Å²) in [5.41, 5.74) is 0.261. The molecule has 0 spiro atoms. The summed E-state index contributed by atoms with van der Waals surface area (Å²) in [6.07, 6.45) is 1.05. The van der Waals surface area contributed by atoms with Crippen molar-refractivity contribution in [2.24, 2.45) is 0 Å². The van der Waals surface area contributed by atoms with Crippen LogP contribution in [-0.2, 0) is 4.74 Å². The standard InChI is InChI=1S/C9H7ClO3/c1-2-12-9(11)7-5-3-4-6-8(7)13-10/h2-6H,1H2. The van der Waals surface area contributed by atoms with Gasteiger partial charge in [0.25, 0.3) is 0 Å². The van der Waals surface area contributed by atoms with Gasteiger partial charge in [-0.1, -0.05) is 18.7 Å². The Morgan fingerprint density at radius 2 is 2.15 bits per heavy atom. The summed E-state index contributed by atoms with van der Waals surface area (Å²) in [6, 6.07) is 6.48. The fourth-order valence-electron chi connectivity index (χ4n) is 0.842. The number of benzene rings is 1. The highest BCUT2D eigenvalue weighted by Gasteiger charge is 2.11. The lowest BCUT2D eigenvalue weighted by atomic mass is 10.2. The van der Waals surface area contributed by atoms with Gasteiger partial charge in [-0.2, -0.15) is 0 Å². The van der Waals surface area contributed by atoms with Crippen molar-refractivity contribution >= 4 is 17.8 Å². The van der Waals surface area contributed by atoms with E-state index in [1.54, 1.807) is 24.3 Å². The van der Waals surface area contributed by atoms with Crippen LogP contribution < -0.4 is 4.29 Å². The number of para-hydroxylation sites is 1. The second kappa shape index (κ2) is 4.52. The predicted molar refractivity (Wildman–Crippen MR) is 48.5 cm³/mol. The molecule has 0 aliphatic heterocycles. The zero-order chi connectivity index (χ0) is 9.68. The molecule has 1 aromatic carbocycles. The molecule has 0 atom stereocenters. The van der Waals surface area contributed by atoms with E-state index in [1.165, 1.54) is 0 Å². The van der Waals surface area contributed by atoms with E-state index < -0.39 is 5.97 Å². The first-order chi connectivity index (χ1) is 6.29. The number of carbonyl (C=O) groups is 1. The molecule has 1 rings (SSSR count). The summed E-state index contributed by atoms with van der Waals surface area (Å²) < 4.78 is 9.01. The van der Waals surface area contributed by atoms with E-state index in [1.807, 2.05) is 0 Å². The van der Waals surface area contributed by atoms with Gasteiger partial charge in [-0.3, -0.25) is 0 Å². The van der Waals surface area contributed by atoms with Gasteiger partial charge in [0.1, 0.15) is 17.4 Å². The summed E-state index contributed by atoms with van der Waals surface area (Å²) in [5, 5.41) is 0. The Balaban J connectivity index is 2.98. The number of carbonyl (C=O) groups excluding carboxylic acids is 1. The first-order valence-corrected chi connectivity index (χ1v) is 3.80. The molecule has 0 bridgehead atoms.